The fraction of sp³-hybridized carbons (Fsp3) is 0.333. The molecule has 0 aromatic heterocycles. The number of hydrazine groups is 1. The quantitative estimate of drug-likeness (QED) is 0.245. The Kier molecular flexibility index (Phi) is 6.60. The standard InChI is InChI=1S/C24H22N4O8/c1-14-9-10-17-19(11-14)24(32)26(23(17)31)25(22(30)18-7-2-3-8-20(18)28(35)36)13-21(29)15-5-4-6-16(12-15)27(33)34/h2-8,12,14,17,19H,9-11,13H2,1H3/t14-,17+,19+/m1/s1. The third-order valence-corrected chi connectivity index (χ3v) is 6.64. The van der Waals surface area contributed by atoms with E-state index in [1.165, 1.54) is 36.4 Å². The van der Waals surface area contributed by atoms with Crippen LogP contribution in [-0.2, 0) is 9.59 Å². The van der Waals surface area contributed by atoms with E-state index in [4.69, 9.17) is 0 Å². The Morgan fingerprint density at radius 3 is 2.36 bits per heavy atom. The number of nitro benzene ring substituents is 2. The molecule has 2 aromatic carbocycles. The van der Waals surface area contributed by atoms with Crippen molar-refractivity contribution >= 4 is 34.9 Å². The molecule has 2 aromatic rings. The molecular formula is C24H22N4O8. The Hall–Kier alpha value is -4.48. The Morgan fingerprint density at radius 2 is 1.67 bits per heavy atom. The van der Waals surface area contributed by atoms with E-state index in [1.807, 2.05) is 6.92 Å². The average molecular weight is 494 g/mol. The molecule has 36 heavy (non-hydrogen) atoms. The Bertz CT molecular complexity index is 1290. The third-order valence-electron chi connectivity index (χ3n) is 6.64. The molecule has 4 rings (SSSR count). The van der Waals surface area contributed by atoms with Crippen molar-refractivity contribution < 1.29 is 29.0 Å². The lowest BCUT2D eigenvalue weighted by atomic mass is 9.76. The number of carbonyl (C=O) groups is 4. The molecule has 0 N–H and O–H groups in total. The van der Waals surface area contributed by atoms with Gasteiger partial charge in [-0.05, 0) is 31.2 Å². The number of nitro groups is 2. The van der Waals surface area contributed by atoms with Crippen molar-refractivity contribution in [2.75, 3.05) is 6.54 Å². The molecule has 3 atom stereocenters. The summed E-state index contributed by atoms with van der Waals surface area (Å²) in [5, 5.41) is 23.9. The maximum absolute atomic E-state index is 13.6. The molecule has 1 aliphatic carbocycles. The van der Waals surface area contributed by atoms with Crippen molar-refractivity contribution in [3.63, 3.8) is 0 Å². The Balaban J connectivity index is 1.75. The molecule has 1 heterocycles. The highest BCUT2D eigenvalue weighted by Crippen LogP contribution is 2.41. The molecule has 2 fully saturated rings. The predicted molar refractivity (Wildman–Crippen MR) is 123 cm³/mol. The van der Waals surface area contributed by atoms with Crippen LogP contribution in [0.5, 0.6) is 0 Å². The number of non-ortho nitro benzene ring substituents is 1. The van der Waals surface area contributed by atoms with Crippen LogP contribution in [0.25, 0.3) is 0 Å². The Morgan fingerprint density at radius 1 is 0.972 bits per heavy atom. The molecule has 12 nitrogen and oxygen atoms in total. The maximum Gasteiger partial charge on any atom is 0.282 e. The lowest BCUT2D eigenvalue weighted by molar-refractivity contribution is -0.385. The molecule has 2 aliphatic rings. The molecular weight excluding hydrogens is 472 g/mol. The van der Waals surface area contributed by atoms with Gasteiger partial charge in [0.05, 0.1) is 21.7 Å². The van der Waals surface area contributed by atoms with Crippen molar-refractivity contribution in [2.24, 2.45) is 17.8 Å². The highest BCUT2D eigenvalue weighted by atomic mass is 16.6. The summed E-state index contributed by atoms with van der Waals surface area (Å²) >= 11 is 0. The molecule has 1 saturated carbocycles. The summed E-state index contributed by atoms with van der Waals surface area (Å²) in [7, 11) is 0. The number of para-hydroxylation sites is 1. The van der Waals surface area contributed by atoms with E-state index in [1.54, 1.807) is 0 Å². The van der Waals surface area contributed by atoms with Gasteiger partial charge in [0, 0.05) is 23.8 Å². The van der Waals surface area contributed by atoms with Crippen LogP contribution in [-0.4, -0.2) is 49.9 Å². The monoisotopic (exact) mass is 494 g/mol. The van der Waals surface area contributed by atoms with Crippen molar-refractivity contribution in [3.8, 4) is 0 Å². The molecule has 0 spiro atoms. The number of hydrogen-bond donors (Lipinski definition) is 0. The lowest BCUT2D eigenvalue weighted by Gasteiger charge is -2.30. The van der Waals surface area contributed by atoms with Gasteiger partial charge in [-0.3, -0.25) is 39.4 Å². The zero-order valence-electron chi connectivity index (χ0n) is 19.2. The van der Waals surface area contributed by atoms with Crippen LogP contribution in [0, 0.1) is 38.0 Å². The largest absolute Gasteiger partial charge is 0.292 e. The predicted octanol–water partition coefficient (Wildman–Crippen LogP) is 3.16. The number of rotatable bonds is 7. The first-order chi connectivity index (χ1) is 17.1. The summed E-state index contributed by atoms with van der Waals surface area (Å²) in [6, 6.07) is 9.82. The first kappa shape index (κ1) is 24.6. The van der Waals surface area contributed by atoms with Gasteiger partial charge in [-0.1, -0.05) is 31.2 Å². The minimum atomic E-state index is -1.07. The number of hydrogen-bond acceptors (Lipinski definition) is 8. The van der Waals surface area contributed by atoms with E-state index in [0.717, 1.165) is 18.6 Å². The van der Waals surface area contributed by atoms with Gasteiger partial charge in [-0.15, -0.1) is 0 Å². The van der Waals surface area contributed by atoms with Crippen molar-refractivity contribution in [3.05, 3.63) is 79.9 Å². The number of amides is 3. The van der Waals surface area contributed by atoms with E-state index in [-0.39, 0.29) is 17.2 Å². The van der Waals surface area contributed by atoms with E-state index in [0.29, 0.717) is 22.9 Å². The second-order valence-electron chi connectivity index (χ2n) is 8.99. The number of fused-ring (bicyclic) bond motifs is 1. The zero-order valence-corrected chi connectivity index (χ0v) is 19.2. The van der Waals surface area contributed by atoms with E-state index in [2.05, 4.69) is 0 Å². The zero-order chi connectivity index (χ0) is 26.1. The van der Waals surface area contributed by atoms with Crippen LogP contribution in [0.3, 0.4) is 0 Å². The van der Waals surface area contributed by atoms with Gasteiger partial charge in [-0.2, -0.15) is 5.01 Å². The smallest absolute Gasteiger partial charge is 0.282 e. The van der Waals surface area contributed by atoms with Gasteiger partial charge >= 0.3 is 0 Å². The first-order valence-electron chi connectivity index (χ1n) is 11.3. The summed E-state index contributed by atoms with van der Waals surface area (Å²) in [5.41, 5.74) is -1.43. The van der Waals surface area contributed by atoms with Crippen molar-refractivity contribution in [1.29, 1.82) is 0 Å². The van der Waals surface area contributed by atoms with Gasteiger partial charge < -0.3 is 0 Å². The van der Waals surface area contributed by atoms with Crippen LogP contribution in [0.15, 0.2) is 48.5 Å². The second kappa shape index (κ2) is 9.64. The number of imide groups is 1. The molecule has 1 saturated heterocycles. The Labute approximate surface area is 204 Å². The highest BCUT2D eigenvalue weighted by molar-refractivity contribution is 6.10. The van der Waals surface area contributed by atoms with Crippen LogP contribution < -0.4 is 0 Å². The topological polar surface area (TPSA) is 161 Å². The van der Waals surface area contributed by atoms with Gasteiger partial charge in [0.25, 0.3) is 29.1 Å². The number of Topliss-reactive ketones (excluding diaryl/α,β-unsaturated/α-hetero) is 1. The summed E-state index contributed by atoms with van der Waals surface area (Å²) in [5.74, 6) is -4.26. The first-order valence-corrected chi connectivity index (χ1v) is 11.3. The van der Waals surface area contributed by atoms with E-state index < -0.39 is 63.0 Å². The molecule has 12 heteroatoms. The normalized spacial score (nSPS) is 21.1. The number of carbonyl (C=O) groups excluding carboxylic acids is 4. The summed E-state index contributed by atoms with van der Waals surface area (Å²) in [6.07, 6.45) is 1.61. The summed E-state index contributed by atoms with van der Waals surface area (Å²) in [6.45, 7) is 1.14. The molecule has 186 valence electrons. The summed E-state index contributed by atoms with van der Waals surface area (Å²) < 4.78 is 0. The SMILES string of the molecule is C[C@@H]1CC[C@@H]2C(=O)N(N(CC(=O)c3cccc([N+](=O)[O-])c3)C(=O)c3ccccc3[N+](=O)[O-])C(=O)[C@H]2C1. The number of benzene rings is 2. The van der Waals surface area contributed by atoms with Crippen LogP contribution in [0.4, 0.5) is 11.4 Å². The fourth-order valence-electron chi connectivity index (χ4n) is 4.82. The van der Waals surface area contributed by atoms with Crippen LogP contribution in [0.2, 0.25) is 0 Å². The van der Waals surface area contributed by atoms with Crippen LogP contribution >= 0.6 is 0 Å². The molecule has 0 unspecified atom stereocenters. The van der Waals surface area contributed by atoms with E-state index in [9.17, 15) is 39.4 Å². The lowest BCUT2D eigenvalue weighted by Crippen LogP contribution is -2.52. The van der Waals surface area contributed by atoms with Crippen molar-refractivity contribution in [1.82, 2.24) is 10.0 Å². The highest BCUT2D eigenvalue weighted by Gasteiger charge is 2.53. The average Bonchev–Trinajstić information content (AvgIpc) is 3.10. The fourth-order valence-corrected chi connectivity index (χ4v) is 4.82. The minimum Gasteiger partial charge on any atom is -0.292 e. The minimum absolute atomic E-state index is 0.116. The molecule has 1 aliphatic heterocycles. The maximum atomic E-state index is 13.6. The van der Waals surface area contributed by atoms with Gasteiger partial charge in [0.15, 0.2) is 5.78 Å². The second-order valence-corrected chi connectivity index (χ2v) is 8.99. The number of ketones is 1. The van der Waals surface area contributed by atoms with Crippen LogP contribution in [0.1, 0.15) is 46.9 Å². The number of nitrogens with zero attached hydrogens (tertiary/aromatic N) is 4. The van der Waals surface area contributed by atoms with Crippen molar-refractivity contribution in [2.45, 2.75) is 26.2 Å². The van der Waals surface area contributed by atoms with Gasteiger partial charge in [-0.25, -0.2) is 5.01 Å². The molecule has 0 radical (unpaired) electrons. The van der Waals surface area contributed by atoms with Gasteiger partial charge in [0.1, 0.15) is 12.1 Å². The van der Waals surface area contributed by atoms with Gasteiger partial charge in [0.2, 0.25) is 0 Å². The van der Waals surface area contributed by atoms with E-state index >= 15 is 0 Å². The summed E-state index contributed by atoms with van der Waals surface area (Å²) in [4.78, 5) is 74.5. The third kappa shape index (κ3) is 4.44. The molecule has 3 amide bonds. The molecule has 0 bridgehead atoms.